The molecule has 8 heteroatoms. The minimum atomic E-state index is -1.02. The van der Waals surface area contributed by atoms with E-state index in [-0.39, 0.29) is 5.56 Å². The number of benzene rings is 3. The highest BCUT2D eigenvalue weighted by molar-refractivity contribution is 9.10. The fraction of sp³-hybridized carbons (Fsp3) is 0.0952. The summed E-state index contributed by atoms with van der Waals surface area (Å²) in [5.74, 6) is -0.338. The molecule has 0 saturated heterocycles. The molecular weight excluding hydrogens is 500 g/mol. The van der Waals surface area contributed by atoms with E-state index < -0.39 is 5.97 Å². The average Bonchev–Trinajstić information content (AvgIpc) is 2.69. The first kappa shape index (κ1) is 21.8. The van der Waals surface area contributed by atoms with Crippen LogP contribution in [-0.4, -0.2) is 11.1 Å². The van der Waals surface area contributed by atoms with Crippen LogP contribution in [0.5, 0.6) is 5.75 Å². The second-order valence-electron chi connectivity index (χ2n) is 6.14. The fourth-order valence-electron chi connectivity index (χ4n) is 2.60. The molecule has 150 valence electrons. The van der Waals surface area contributed by atoms with Gasteiger partial charge in [0.15, 0.2) is 0 Å². The molecule has 0 radical (unpaired) electrons. The van der Waals surface area contributed by atoms with E-state index in [0.717, 1.165) is 15.6 Å². The Balaban J connectivity index is 1.76. The Labute approximate surface area is 191 Å². The van der Waals surface area contributed by atoms with Crippen molar-refractivity contribution in [2.24, 2.45) is 0 Å². The number of carboxylic acids is 1. The molecule has 0 heterocycles. The van der Waals surface area contributed by atoms with Crippen LogP contribution >= 0.6 is 50.7 Å². The molecule has 0 aliphatic heterocycles. The third-order valence-corrected chi connectivity index (χ3v) is 5.65. The molecule has 29 heavy (non-hydrogen) atoms. The molecule has 0 atom stereocenters. The number of hydrogen-bond acceptors (Lipinski definition) is 3. The number of carboxylic acid groups (broad SMARTS) is 1. The van der Waals surface area contributed by atoms with Crippen LogP contribution in [0.2, 0.25) is 15.1 Å². The molecule has 0 fully saturated rings. The van der Waals surface area contributed by atoms with Crippen molar-refractivity contribution in [2.75, 3.05) is 5.32 Å². The van der Waals surface area contributed by atoms with E-state index in [1.807, 2.05) is 24.3 Å². The average molecular weight is 516 g/mol. The lowest BCUT2D eigenvalue weighted by Gasteiger charge is -2.15. The summed E-state index contributed by atoms with van der Waals surface area (Å²) in [5.41, 5.74) is 2.44. The van der Waals surface area contributed by atoms with Crippen LogP contribution in [0.3, 0.4) is 0 Å². The summed E-state index contributed by atoms with van der Waals surface area (Å²) >= 11 is 21.7. The topological polar surface area (TPSA) is 58.6 Å². The Hall–Kier alpha value is -1.92. The summed E-state index contributed by atoms with van der Waals surface area (Å²) < 4.78 is 6.85. The van der Waals surface area contributed by atoms with Gasteiger partial charge >= 0.3 is 5.97 Å². The van der Waals surface area contributed by atoms with Crippen molar-refractivity contribution in [3.63, 3.8) is 0 Å². The molecule has 0 saturated carbocycles. The number of rotatable bonds is 7. The highest BCUT2D eigenvalue weighted by Crippen LogP contribution is 2.29. The Bertz CT molecular complexity index is 1060. The van der Waals surface area contributed by atoms with Gasteiger partial charge in [0, 0.05) is 16.6 Å². The molecule has 3 aromatic carbocycles. The number of nitrogens with one attached hydrogen (secondary N) is 1. The van der Waals surface area contributed by atoms with Crippen molar-refractivity contribution in [3.05, 3.63) is 90.8 Å². The van der Waals surface area contributed by atoms with Crippen LogP contribution in [0.25, 0.3) is 0 Å². The fourth-order valence-corrected chi connectivity index (χ4v) is 3.52. The van der Waals surface area contributed by atoms with Gasteiger partial charge in [-0.15, -0.1) is 0 Å². The van der Waals surface area contributed by atoms with Gasteiger partial charge in [0.1, 0.15) is 12.4 Å². The summed E-state index contributed by atoms with van der Waals surface area (Å²) in [7, 11) is 0. The van der Waals surface area contributed by atoms with Crippen LogP contribution in [0, 0.1) is 0 Å². The predicted molar refractivity (Wildman–Crippen MR) is 121 cm³/mol. The van der Waals surface area contributed by atoms with Crippen molar-refractivity contribution in [1.29, 1.82) is 0 Å². The zero-order valence-corrected chi connectivity index (χ0v) is 18.7. The van der Waals surface area contributed by atoms with Gasteiger partial charge in [-0.2, -0.15) is 0 Å². The zero-order valence-electron chi connectivity index (χ0n) is 14.9. The van der Waals surface area contributed by atoms with Gasteiger partial charge in [0.25, 0.3) is 0 Å². The first-order valence-corrected chi connectivity index (χ1v) is 10.4. The maximum Gasteiger partial charge on any atom is 0.335 e. The monoisotopic (exact) mass is 513 g/mol. The van der Waals surface area contributed by atoms with Gasteiger partial charge in [-0.1, -0.05) is 56.8 Å². The largest absolute Gasteiger partial charge is 0.489 e. The molecule has 0 aromatic heterocycles. The molecule has 3 aromatic rings. The van der Waals surface area contributed by atoms with Crippen LogP contribution in [0.1, 0.15) is 21.5 Å². The Morgan fingerprint density at radius 1 is 0.966 bits per heavy atom. The Morgan fingerprint density at radius 3 is 2.45 bits per heavy atom. The van der Waals surface area contributed by atoms with E-state index in [9.17, 15) is 4.79 Å². The van der Waals surface area contributed by atoms with E-state index in [0.29, 0.717) is 39.7 Å². The van der Waals surface area contributed by atoms with Gasteiger partial charge in [0.2, 0.25) is 0 Å². The highest BCUT2D eigenvalue weighted by atomic mass is 79.9. The molecule has 2 N–H and O–H groups in total. The molecule has 0 aliphatic carbocycles. The third-order valence-electron chi connectivity index (χ3n) is 4.08. The van der Waals surface area contributed by atoms with Crippen LogP contribution in [-0.2, 0) is 13.2 Å². The minimum absolute atomic E-state index is 0.155. The lowest BCUT2D eigenvalue weighted by atomic mass is 10.1. The van der Waals surface area contributed by atoms with Crippen molar-refractivity contribution in [3.8, 4) is 5.75 Å². The van der Waals surface area contributed by atoms with Crippen molar-refractivity contribution in [1.82, 2.24) is 0 Å². The smallest absolute Gasteiger partial charge is 0.335 e. The van der Waals surface area contributed by atoms with E-state index >= 15 is 0 Å². The SMILES string of the molecule is O=C(O)c1ccc(Cl)c(NCc2cc(Br)ccc2OCc2ccc(Cl)c(Cl)c2)c1. The normalized spacial score (nSPS) is 10.6. The molecular formula is C21H15BrCl3NO3. The first-order valence-electron chi connectivity index (χ1n) is 8.45. The lowest BCUT2D eigenvalue weighted by Crippen LogP contribution is -2.05. The van der Waals surface area contributed by atoms with E-state index in [4.69, 9.17) is 44.6 Å². The standard InChI is InChI=1S/C21H15BrCl3NO3/c22-15-3-6-20(29-11-12-1-4-16(23)18(25)7-12)14(8-15)10-26-19-9-13(21(27)28)2-5-17(19)24/h1-9,26H,10-11H2,(H,27,28). The van der Waals surface area contributed by atoms with Crippen molar-refractivity contribution < 1.29 is 14.6 Å². The number of anilines is 1. The van der Waals surface area contributed by atoms with E-state index in [2.05, 4.69) is 21.2 Å². The summed E-state index contributed by atoms with van der Waals surface area (Å²) in [4.78, 5) is 11.2. The maximum absolute atomic E-state index is 11.2. The molecule has 4 nitrogen and oxygen atoms in total. The van der Waals surface area contributed by atoms with Gasteiger partial charge in [-0.3, -0.25) is 0 Å². The summed E-state index contributed by atoms with van der Waals surface area (Å²) in [6, 6.07) is 15.5. The Morgan fingerprint density at radius 2 is 1.72 bits per heavy atom. The first-order chi connectivity index (χ1) is 13.8. The number of ether oxygens (including phenoxy) is 1. The molecule has 0 spiro atoms. The summed E-state index contributed by atoms with van der Waals surface area (Å²) in [6.07, 6.45) is 0. The molecule has 3 rings (SSSR count). The van der Waals surface area contributed by atoms with Crippen LogP contribution in [0.4, 0.5) is 5.69 Å². The minimum Gasteiger partial charge on any atom is -0.489 e. The second kappa shape index (κ2) is 9.72. The van der Waals surface area contributed by atoms with Crippen molar-refractivity contribution >= 4 is 62.4 Å². The molecule has 0 unspecified atom stereocenters. The van der Waals surface area contributed by atoms with Gasteiger partial charge in [0.05, 0.1) is 26.3 Å². The lowest BCUT2D eigenvalue weighted by molar-refractivity contribution is 0.0697. The van der Waals surface area contributed by atoms with Crippen LogP contribution in [0.15, 0.2) is 59.1 Å². The third kappa shape index (κ3) is 5.80. The summed E-state index contributed by atoms with van der Waals surface area (Å²) in [6.45, 7) is 0.708. The van der Waals surface area contributed by atoms with Gasteiger partial charge in [-0.25, -0.2) is 4.79 Å². The van der Waals surface area contributed by atoms with Gasteiger partial charge in [-0.05, 0) is 54.1 Å². The zero-order chi connectivity index (χ0) is 21.0. The molecule has 0 aliphatic rings. The highest BCUT2D eigenvalue weighted by Gasteiger charge is 2.10. The predicted octanol–water partition coefficient (Wildman–Crippen LogP) is 7.30. The maximum atomic E-state index is 11.2. The quantitative estimate of drug-likeness (QED) is 0.347. The molecule has 0 bridgehead atoms. The van der Waals surface area contributed by atoms with Gasteiger partial charge < -0.3 is 15.2 Å². The van der Waals surface area contributed by atoms with E-state index in [1.165, 1.54) is 12.1 Å². The summed E-state index contributed by atoms with van der Waals surface area (Å²) in [5, 5.41) is 13.7. The number of aromatic carboxylic acids is 1. The molecule has 0 amide bonds. The number of carbonyl (C=O) groups is 1. The van der Waals surface area contributed by atoms with Crippen LogP contribution < -0.4 is 10.1 Å². The number of hydrogen-bond donors (Lipinski definition) is 2. The van der Waals surface area contributed by atoms with Crippen molar-refractivity contribution in [2.45, 2.75) is 13.2 Å². The van der Waals surface area contributed by atoms with E-state index in [1.54, 1.807) is 18.2 Å². The number of halogens is 4. The second-order valence-corrected chi connectivity index (χ2v) is 8.28. The Kier molecular flexibility index (Phi) is 7.30.